The van der Waals surface area contributed by atoms with Gasteiger partial charge in [0.1, 0.15) is 45.1 Å². The lowest BCUT2D eigenvalue weighted by Gasteiger charge is -2.32. The minimum absolute atomic E-state index is 0.0184. The first kappa shape index (κ1) is 20.9. The maximum atomic E-state index is 12.6. The fourth-order valence-electron chi connectivity index (χ4n) is 3.45. The molecular formula is C21H27Cl2N3O2+2. The molecule has 3 N–H and O–H groups in total. The largest absolute Gasteiger partial charge is 0.488 e. The van der Waals surface area contributed by atoms with Crippen molar-refractivity contribution in [2.75, 3.05) is 44.6 Å². The van der Waals surface area contributed by atoms with Gasteiger partial charge in [-0.15, -0.1) is 0 Å². The van der Waals surface area contributed by atoms with Crippen molar-refractivity contribution in [3.63, 3.8) is 0 Å². The number of rotatable bonds is 7. The minimum Gasteiger partial charge on any atom is -0.488 e. The maximum Gasteiger partial charge on any atom is 0.282 e. The van der Waals surface area contributed by atoms with Crippen LogP contribution in [0.5, 0.6) is 5.75 Å². The number of carbonyl (C=O) groups excluding carboxylic acids is 1. The molecule has 0 radical (unpaired) electrons. The van der Waals surface area contributed by atoms with Crippen LogP contribution in [0.1, 0.15) is 6.92 Å². The van der Waals surface area contributed by atoms with E-state index in [9.17, 15) is 4.79 Å². The molecule has 1 atom stereocenters. The Labute approximate surface area is 176 Å². The third-order valence-electron chi connectivity index (χ3n) is 5.26. The standard InChI is InChI=1S/C21H25Cl2N3O2/c1-16(21(27)24-20-8-7-17(22)15-19(20)23)26-11-9-25(10-12-26)13-14-28-18-5-3-2-4-6-18/h2-8,15-16H,9-14H2,1H3,(H,24,27)/p+2/t16-/m1/s1. The fraction of sp³-hybridized carbons (Fsp3) is 0.381. The summed E-state index contributed by atoms with van der Waals surface area (Å²) < 4.78 is 5.79. The Morgan fingerprint density at radius 3 is 2.50 bits per heavy atom. The van der Waals surface area contributed by atoms with Gasteiger partial charge in [-0.2, -0.15) is 0 Å². The van der Waals surface area contributed by atoms with Crippen molar-refractivity contribution in [1.29, 1.82) is 0 Å². The first-order chi connectivity index (χ1) is 13.5. The zero-order chi connectivity index (χ0) is 19.9. The van der Waals surface area contributed by atoms with Crippen LogP contribution in [0, 0.1) is 0 Å². The van der Waals surface area contributed by atoms with E-state index in [0.29, 0.717) is 22.3 Å². The van der Waals surface area contributed by atoms with Crippen molar-refractivity contribution in [2.24, 2.45) is 0 Å². The summed E-state index contributed by atoms with van der Waals surface area (Å²) in [5.74, 6) is 0.896. The molecule has 1 heterocycles. The normalized spacial score (nSPS) is 20.4. The second-order valence-electron chi connectivity index (χ2n) is 7.15. The number of ether oxygens (including phenoxy) is 1. The molecule has 2 aromatic rings. The average Bonchev–Trinajstić information content (AvgIpc) is 2.71. The average molecular weight is 424 g/mol. The number of nitrogens with one attached hydrogen (secondary N) is 3. The second kappa shape index (κ2) is 10.1. The van der Waals surface area contributed by atoms with E-state index in [1.165, 1.54) is 9.80 Å². The first-order valence-corrected chi connectivity index (χ1v) is 10.4. The highest BCUT2D eigenvalue weighted by molar-refractivity contribution is 6.36. The van der Waals surface area contributed by atoms with Crippen LogP contribution in [0.3, 0.4) is 0 Å². The first-order valence-electron chi connectivity index (χ1n) is 9.65. The van der Waals surface area contributed by atoms with Crippen molar-refractivity contribution in [3.05, 3.63) is 58.6 Å². The molecule has 0 bridgehead atoms. The second-order valence-corrected chi connectivity index (χ2v) is 8.00. The van der Waals surface area contributed by atoms with Gasteiger partial charge in [-0.25, -0.2) is 0 Å². The highest BCUT2D eigenvalue weighted by atomic mass is 35.5. The van der Waals surface area contributed by atoms with E-state index in [0.717, 1.165) is 38.5 Å². The summed E-state index contributed by atoms with van der Waals surface area (Å²) in [6.45, 7) is 7.65. The molecule has 1 fully saturated rings. The van der Waals surface area contributed by atoms with Gasteiger partial charge in [0.2, 0.25) is 0 Å². The van der Waals surface area contributed by atoms with Crippen LogP contribution in [0.4, 0.5) is 5.69 Å². The summed E-state index contributed by atoms with van der Waals surface area (Å²) in [5, 5.41) is 3.93. The summed E-state index contributed by atoms with van der Waals surface area (Å²) in [6, 6.07) is 14.9. The number of amides is 1. The molecular weight excluding hydrogens is 397 g/mol. The number of halogens is 2. The molecule has 0 aliphatic carbocycles. The van der Waals surface area contributed by atoms with E-state index in [1.807, 2.05) is 37.3 Å². The molecule has 0 saturated carbocycles. The maximum absolute atomic E-state index is 12.6. The summed E-state index contributed by atoms with van der Waals surface area (Å²) >= 11 is 12.1. The van der Waals surface area contributed by atoms with Crippen molar-refractivity contribution in [1.82, 2.24) is 0 Å². The Balaban J connectivity index is 1.41. The third kappa shape index (κ3) is 5.85. The van der Waals surface area contributed by atoms with E-state index in [1.54, 1.807) is 18.2 Å². The van der Waals surface area contributed by atoms with Gasteiger partial charge in [0.05, 0.1) is 10.7 Å². The number of para-hydroxylation sites is 1. The topological polar surface area (TPSA) is 47.2 Å². The van der Waals surface area contributed by atoms with Crippen LogP contribution in [-0.4, -0.2) is 51.3 Å². The molecule has 1 amide bonds. The Kier molecular flexibility index (Phi) is 7.57. The highest BCUT2D eigenvalue weighted by Crippen LogP contribution is 2.25. The van der Waals surface area contributed by atoms with Crippen LogP contribution in [0.25, 0.3) is 0 Å². The van der Waals surface area contributed by atoms with Crippen molar-refractivity contribution in [2.45, 2.75) is 13.0 Å². The molecule has 2 aromatic carbocycles. The lowest BCUT2D eigenvalue weighted by Crippen LogP contribution is -3.30. The summed E-state index contributed by atoms with van der Waals surface area (Å²) in [7, 11) is 0. The zero-order valence-electron chi connectivity index (χ0n) is 16.0. The van der Waals surface area contributed by atoms with Crippen molar-refractivity contribution >= 4 is 34.8 Å². The van der Waals surface area contributed by atoms with Crippen LogP contribution in [-0.2, 0) is 4.79 Å². The van der Waals surface area contributed by atoms with Gasteiger partial charge in [-0.05, 0) is 37.3 Å². The molecule has 0 spiro atoms. The van der Waals surface area contributed by atoms with Gasteiger partial charge in [-0.1, -0.05) is 41.4 Å². The van der Waals surface area contributed by atoms with Gasteiger partial charge in [-0.3, -0.25) is 4.79 Å². The number of benzene rings is 2. The predicted molar refractivity (Wildman–Crippen MR) is 113 cm³/mol. The van der Waals surface area contributed by atoms with Gasteiger partial charge < -0.3 is 19.9 Å². The van der Waals surface area contributed by atoms with Crippen LogP contribution >= 0.6 is 23.2 Å². The predicted octanol–water partition coefficient (Wildman–Crippen LogP) is 1.18. The summed E-state index contributed by atoms with van der Waals surface area (Å²) in [6.07, 6.45) is 0. The molecule has 1 aliphatic rings. The molecule has 3 rings (SSSR count). The van der Waals surface area contributed by atoms with E-state index in [2.05, 4.69) is 5.32 Å². The van der Waals surface area contributed by atoms with Gasteiger partial charge in [0.15, 0.2) is 6.04 Å². The SMILES string of the molecule is C[C@H](C(=O)Nc1ccc(Cl)cc1Cl)[NH+]1CC[NH+](CCOc2ccccc2)CC1. The molecule has 28 heavy (non-hydrogen) atoms. The monoisotopic (exact) mass is 423 g/mol. The summed E-state index contributed by atoms with van der Waals surface area (Å²) in [5.41, 5.74) is 0.602. The molecule has 7 heteroatoms. The molecule has 0 unspecified atom stereocenters. The van der Waals surface area contributed by atoms with Crippen molar-refractivity contribution in [3.8, 4) is 5.75 Å². The zero-order valence-corrected chi connectivity index (χ0v) is 17.5. The quantitative estimate of drug-likeness (QED) is 0.626. The minimum atomic E-state index is -0.131. The summed E-state index contributed by atoms with van der Waals surface area (Å²) in [4.78, 5) is 15.4. The van der Waals surface area contributed by atoms with Crippen LogP contribution in [0.2, 0.25) is 10.0 Å². The van der Waals surface area contributed by atoms with Gasteiger partial charge in [0.25, 0.3) is 5.91 Å². The third-order valence-corrected chi connectivity index (χ3v) is 5.81. The fourth-order valence-corrected chi connectivity index (χ4v) is 3.91. The lowest BCUT2D eigenvalue weighted by molar-refractivity contribution is -1.02. The highest BCUT2D eigenvalue weighted by Gasteiger charge is 2.31. The molecule has 1 aliphatic heterocycles. The smallest absolute Gasteiger partial charge is 0.282 e. The number of hydrogen-bond donors (Lipinski definition) is 3. The number of carbonyl (C=O) groups is 1. The number of hydrogen-bond acceptors (Lipinski definition) is 2. The van der Waals surface area contributed by atoms with Gasteiger partial charge >= 0.3 is 0 Å². The van der Waals surface area contributed by atoms with Crippen molar-refractivity contribution < 1.29 is 19.3 Å². The number of quaternary nitrogens is 2. The van der Waals surface area contributed by atoms with E-state index < -0.39 is 0 Å². The van der Waals surface area contributed by atoms with E-state index in [4.69, 9.17) is 27.9 Å². The van der Waals surface area contributed by atoms with E-state index >= 15 is 0 Å². The number of anilines is 1. The Hall–Kier alpha value is -1.79. The molecule has 5 nitrogen and oxygen atoms in total. The Bertz CT molecular complexity index is 780. The Morgan fingerprint density at radius 2 is 1.82 bits per heavy atom. The molecule has 1 saturated heterocycles. The van der Waals surface area contributed by atoms with Crippen LogP contribution in [0.15, 0.2) is 48.5 Å². The lowest BCUT2D eigenvalue weighted by atomic mass is 10.2. The molecule has 150 valence electrons. The number of piperazine rings is 1. The van der Waals surface area contributed by atoms with Gasteiger partial charge in [0, 0.05) is 5.02 Å². The van der Waals surface area contributed by atoms with Crippen LogP contribution < -0.4 is 19.9 Å². The van der Waals surface area contributed by atoms with E-state index in [-0.39, 0.29) is 11.9 Å². The molecule has 0 aromatic heterocycles. The Morgan fingerprint density at radius 1 is 1.11 bits per heavy atom.